The first kappa shape index (κ1) is 9.13. The number of hydrogen-bond donors (Lipinski definition) is 1. The van der Waals surface area contributed by atoms with Gasteiger partial charge in [0.1, 0.15) is 0 Å². The Hall–Kier alpha value is -0.960. The minimum Gasteiger partial charge on any atom is -0.324 e. The molecule has 0 aromatic carbocycles. The van der Waals surface area contributed by atoms with Gasteiger partial charge in [-0.05, 0) is 17.5 Å². The van der Waals surface area contributed by atoms with E-state index in [-0.39, 0.29) is 6.04 Å². The Morgan fingerprint density at radius 1 is 1.42 bits per heavy atom. The van der Waals surface area contributed by atoms with Crippen LogP contribution in [0.4, 0.5) is 4.39 Å². The molecule has 0 aliphatic carbocycles. The highest BCUT2D eigenvalue weighted by Crippen LogP contribution is 2.17. The van der Waals surface area contributed by atoms with Crippen molar-refractivity contribution in [3.05, 3.63) is 29.8 Å². The van der Waals surface area contributed by atoms with Gasteiger partial charge in [0.25, 0.3) is 0 Å². The molecule has 0 aliphatic rings. The molecule has 0 aliphatic heterocycles. The standard InChI is InChI=1S/C9H13FN2/c1-6(2)9(11)7-3-4-8(10)12-5-7/h3-6,9H,11H2,1-2H3/t9-/m1/s1. The number of aromatic nitrogens is 1. The molecule has 0 unspecified atom stereocenters. The van der Waals surface area contributed by atoms with Crippen LogP contribution in [-0.2, 0) is 0 Å². The molecule has 0 amide bonds. The topological polar surface area (TPSA) is 38.9 Å². The normalized spacial score (nSPS) is 13.4. The van der Waals surface area contributed by atoms with E-state index in [0.717, 1.165) is 5.56 Å². The molecule has 0 saturated carbocycles. The van der Waals surface area contributed by atoms with Crippen molar-refractivity contribution in [2.45, 2.75) is 19.9 Å². The molecule has 1 aromatic rings. The molecule has 0 bridgehead atoms. The number of halogens is 1. The Bertz CT molecular complexity index is 243. The summed E-state index contributed by atoms with van der Waals surface area (Å²) in [6.45, 7) is 4.04. The van der Waals surface area contributed by atoms with Crippen LogP contribution in [0.1, 0.15) is 25.5 Å². The van der Waals surface area contributed by atoms with E-state index in [1.165, 1.54) is 12.3 Å². The molecule has 12 heavy (non-hydrogen) atoms. The third kappa shape index (κ3) is 2.01. The van der Waals surface area contributed by atoms with Gasteiger partial charge in [-0.2, -0.15) is 4.39 Å². The number of nitrogens with zero attached hydrogens (tertiary/aromatic N) is 1. The van der Waals surface area contributed by atoms with Crippen LogP contribution in [-0.4, -0.2) is 4.98 Å². The van der Waals surface area contributed by atoms with Crippen LogP contribution >= 0.6 is 0 Å². The largest absolute Gasteiger partial charge is 0.324 e. The van der Waals surface area contributed by atoms with Crippen LogP contribution in [0.5, 0.6) is 0 Å². The molecule has 0 spiro atoms. The maximum Gasteiger partial charge on any atom is 0.212 e. The molecule has 3 heteroatoms. The summed E-state index contributed by atoms with van der Waals surface area (Å²) in [7, 11) is 0. The Morgan fingerprint density at radius 2 is 2.08 bits per heavy atom. The molecule has 2 N–H and O–H groups in total. The molecule has 0 saturated heterocycles. The lowest BCUT2D eigenvalue weighted by atomic mass is 9.99. The quantitative estimate of drug-likeness (QED) is 0.685. The second-order valence-corrected chi connectivity index (χ2v) is 3.18. The maximum absolute atomic E-state index is 12.4. The van der Waals surface area contributed by atoms with Crippen molar-refractivity contribution in [1.82, 2.24) is 4.98 Å². The Labute approximate surface area is 71.6 Å². The third-order valence-electron chi connectivity index (χ3n) is 1.85. The van der Waals surface area contributed by atoms with Gasteiger partial charge in [-0.25, -0.2) is 4.98 Å². The lowest BCUT2D eigenvalue weighted by Crippen LogP contribution is -2.16. The molecule has 1 aromatic heterocycles. The fraction of sp³-hybridized carbons (Fsp3) is 0.444. The lowest BCUT2D eigenvalue weighted by molar-refractivity contribution is 0.508. The summed E-state index contributed by atoms with van der Waals surface area (Å²) in [5.74, 6) is -0.119. The number of pyridine rings is 1. The van der Waals surface area contributed by atoms with Crippen LogP contribution < -0.4 is 5.73 Å². The summed E-state index contributed by atoms with van der Waals surface area (Å²) >= 11 is 0. The van der Waals surface area contributed by atoms with Gasteiger partial charge in [-0.3, -0.25) is 0 Å². The second kappa shape index (κ2) is 3.63. The van der Waals surface area contributed by atoms with Gasteiger partial charge in [-0.1, -0.05) is 19.9 Å². The van der Waals surface area contributed by atoms with E-state index in [1.807, 2.05) is 13.8 Å². The van der Waals surface area contributed by atoms with Crippen molar-refractivity contribution in [3.8, 4) is 0 Å². The Morgan fingerprint density at radius 3 is 2.50 bits per heavy atom. The molecular weight excluding hydrogens is 155 g/mol. The number of rotatable bonds is 2. The fourth-order valence-corrected chi connectivity index (χ4v) is 0.969. The second-order valence-electron chi connectivity index (χ2n) is 3.18. The van der Waals surface area contributed by atoms with Crippen molar-refractivity contribution < 1.29 is 4.39 Å². The van der Waals surface area contributed by atoms with Gasteiger partial charge in [0, 0.05) is 12.2 Å². The van der Waals surface area contributed by atoms with Crippen LogP contribution in [0.15, 0.2) is 18.3 Å². The van der Waals surface area contributed by atoms with Crippen molar-refractivity contribution >= 4 is 0 Å². The molecule has 1 atom stereocenters. The fourth-order valence-electron chi connectivity index (χ4n) is 0.969. The first-order valence-electron chi connectivity index (χ1n) is 3.98. The number of nitrogens with two attached hydrogens (primary N) is 1. The zero-order valence-corrected chi connectivity index (χ0v) is 7.29. The van der Waals surface area contributed by atoms with Gasteiger partial charge < -0.3 is 5.73 Å². The summed E-state index contributed by atoms with van der Waals surface area (Å²) in [5, 5.41) is 0. The van der Waals surface area contributed by atoms with E-state index in [0.29, 0.717) is 5.92 Å². The van der Waals surface area contributed by atoms with Crippen LogP contribution in [0.3, 0.4) is 0 Å². The highest BCUT2D eigenvalue weighted by atomic mass is 19.1. The van der Waals surface area contributed by atoms with E-state index >= 15 is 0 Å². The molecule has 66 valence electrons. The van der Waals surface area contributed by atoms with Crippen molar-refractivity contribution in [2.75, 3.05) is 0 Å². The molecule has 1 rings (SSSR count). The van der Waals surface area contributed by atoms with Crippen molar-refractivity contribution in [1.29, 1.82) is 0 Å². The van der Waals surface area contributed by atoms with Crippen LogP contribution in [0, 0.1) is 11.9 Å². The highest BCUT2D eigenvalue weighted by molar-refractivity contribution is 5.14. The van der Waals surface area contributed by atoms with Gasteiger partial charge >= 0.3 is 0 Å². The summed E-state index contributed by atoms with van der Waals surface area (Å²) in [5.41, 5.74) is 6.71. The summed E-state index contributed by atoms with van der Waals surface area (Å²) in [6, 6.07) is 2.95. The minimum atomic E-state index is -0.463. The van der Waals surface area contributed by atoms with Gasteiger partial charge in [-0.15, -0.1) is 0 Å². The smallest absolute Gasteiger partial charge is 0.212 e. The van der Waals surface area contributed by atoms with Crippen molar-refractivity contribution in [2.24, 2.45) is 11.7 Å². The highest BCUT2D eigenvalue weighted by Gasteiger charge is 2.09. The number of hydrogen-bond acceptors (Lipinski definition) is 2. The van der Waals surface area contributed by atoms with Crippen LogP contribution in [0.25, 0.3) is 0 Å². The predicted octanol–water partition coefficient (Wildman–Crippen LogP) is 1.88. The zero-order valence-electron chi connectivity index (χ0n) is 7.29. The van der Waals surface area contributed by atoms with E-state index in [4.69, 9.17) is 5.73 Å². The van der Waals surface area contributed by atoms with Crippen molar-refractivity contribution in [3.63, 3.8) is 0 Å². The van der Waals surface area contributed by atoms with Gasteiger partial charge in [0.05, 0.1) is 0 Å². The molecular formula is C9H13FN2. The average molecular weight is 168 g/mol. The monoisotopic (exact) mass is 168 g/mol. The summed E-state index contributed by atoms with van der Waals surface area (Å²) in [6.07, 6.45) is 1.49. The summed E-state index contributed by atoms with van der Waals surface area (Å²) < 4.78 is 12.4. The molecule has 1 heterocycles. The average Bonchev–Trinajstić information content (AvgIpc) is 2.04. The van der Waals surface area contributed by atoms with E-state index in [1.54, 1.807) is 6.07 Å². The van der Waals surface area contributed by atoms with Gasteiger partial charge in [0.2, 0.25) is 5.95 Å². The van der Waals surface area contributed by atoms with E-state index < -0.39 is 5.95 Å². The van der Waals surface area contributed by atoms with Gasteiger partial charge in [0.15, 0.2) is 0 Å². The first-order valence-corrected chi connectivity index (χ1v) is 3.98. The molecule has 2 nitrogen and oxygen atoms in total. The SMILES string of the molecule is CC(C)[C@@H](N)c1ccc(F)nc1. The zero-order chi connectivity index (χ0) is 9.14. The first-order chi connectivity index (χ1) is 5.61. The summed E-state index contributed by atoms with van der Waals surface area (Å²) in [4.78, 5) is 3.54. The van der Waals surface area contributed by atoms with Crippen LogP contribution in [0.2, 0.25) is 0 Å². The lowest BCUT2D eigenvalue weighted by Gasteiger charge is -2.14. The maximum atomic E-state index is 12.4. The predicted molar refractivity (Wildman–Crippen MR) is 46.0 cm³/mol. The molecule has 0 radical (unpaired) electrons. The van der Waals surface area contributed by atoms with E-state index in [9.17, 15) is 4.39 Å². The third-order valence-corrected chi connectivity index (χ3v) is 1.85. The Kier molecular flexibility index (Phi) is 2.76. The molecule has 0 fully saturated rings. The van der Waals surface area contributed by atoms with E-state index in [2.05, 4.69) is 4.98 Å². The minimum absolute atomic E-state index is 0.0573. The Balaban J connectivity index is 2.82.